The van der Waals surface area contributed by atoms with Gasteiger partial charge in [0.1, 0.15) is 0 Å². The van der Waals surface area contributed by atoms with Gasteiger partial charge in [0.15, 0.2) is 5.96 Å². The van der Waals surface area contributed by atoms with Crippen LogP contribution in [0, 0.1) is 0 Å². The van der Waals surface area contributed by atoms with Crippen LogP contribution < -0.4 is 10.6 Å². The van der Waals surface area contributed by atoms with Crippen molar-refractivity contribution < 1.29 is 0 Å². The highest BCUT2D eigenvalue weighted by atomic mass is 127. The summed E-state index contributed by atoms with van der Waals surface area (Å²) in [6, 6.07) is 8.45. The van der Waals surface area contributed by atoms with Crippen LogP contribution in [0.15, 0.2) is 35.5 Å². The van der Waals surface area contributed by atoms with Gasteiger partial charge in [0.2, 0.25) is 0 Å². The smallest absolute Gasteiger partial charge is 0.190 e. The van der Waals surface area contributed by atoms with E-state index in [4.69, 9.17) is 0 Å². The minimum atomic E-state index is 0. The Kier molecular flexibility index (Phi) is 8.54. The number of guanidine groups is 1. The van der Waals surface area contributed by atoms with E-state index in [-0.39, 0.29) is 24.0 Å². The largest absolute Gasteiger partial charge is 0.361 e. The molecule has 25 heavy (non-hydrogen) atoms. The van der Waals surface area contributed by atoms with Crippen LogP contribution in [0.25, 0.3) is 10.9 Å². The molecule has 6 heteroatoms. The fraction of sp³-hybridized carbons (Fsp3) is 0.526. The Morgan fingerprint density at radius 3 is 2.72 bits per heavy atom. The van der Waals surface area contributed by atoms with Gasteiger partial charge in [-0.2, -0.15) is 0 Å². The van der Waals surface area contributed by atoms with Gasteiger partial charge < -0.3 is 20.5 Å². The van der Waals surface area contributed by atoms with Crippen molar-refractivity contribution in [3.63, 3.8) is 0 Å². The Labute approximate surface area is 167 Å². The van der Waals surface area contributed by atoms with Crippen molar-refractivity contribution in [1.82, 2.24) is 20.5 Å². The summed E-state index contributed by atoms with van der Waals surface area (Å²) >= 11 is 0. The zero-order valence-corrected chi connectivity index (χ0v) is 17.4. The van der Waals surface area contributed by atoms with E-state index in [2.05, 4.69) is 56.0 Å². The number of aliphatic imine (C=N–C) groups is 1. The molecule has 0 saturated carbocycles. The van der Waals surface area contributed by atoms with Gasteiger partial charge in [0.25, 0.3) is 0 Å². The van der Waals surface area contributed by atoms with Gasteiger partial charge in [-0.25, -0.2) is 0 Å². The third kappa shape index (κ3) is 5.88. The summed E-state index contributed by atoms with van der Waals surface area (Å²) in [6.45, 7) is 5.60. The highest BCUT2D eigenvalue weighted by molar-refractivity contribution is 14.0. The van der Waals surface area contributed by atoms with Crippen molar-refractivity contribution in [3.8, 4) is 0 Å². The second kappa shape index (κ2) is 10.7. The number of benzene rings is 1. The molecule has 3 rings (SSSR count). The Morgan fingerprint density at radius 2 is 1.92 bits per heavy atom. The molecule has 0 radical (unpaired) electrons. The van der Waals surface area contributed by atoms with E-state index in [0.717, 1.165) is 25.5 Å². The summed E-state index contributed by atoms with van der Waals surface area (Å²) in [5.74, 6) is 0.899. The monoisotopic (exact) mass is 455 g/mol. The molecule has 0 aliphatic carbocycles. The van der Waals surface area contributed by atoms with E-state index < -0.39 is 0 Å². The summed E-state index contributed by atoms with van der Waals surface area (Å²) in [7, 11) is 1.83. The number of para-hydroxylation sites is 1. The first kappa shape index (κ1) is 20.0. The molecule has 3 N–H and O–H groups in total. The molecular weight excluding hydrogens is 425 g/mol. The maximum atomic E-state index is 4.31. The Bertz CT molecular complexity index is 661. The molecule has 0 bridgehead atoms. The zero-order chi connectivity index (χ0) is 16.6. The minimum absolute atomic E-state index is 0. The van der Waals surface area contributed by atoms with Crippen molar-refractivity contribution in [2.24, 2.45) is 4.99 Å². The number of H-pyrrole nitrogens is 1. The molecular formula is C19H30IN5. The predicted molar refractivity (Wildman–Crippen MR) is 117 cm³/mol. The van der Waals surface area contributed by atoms with Crippen molar-refractivity contribution >= 4 is 40.8 Å². The van der Waals surface area contributed by atoms with E-state index >= 15 is 0 Å². The number of aromatic nitrogens is 1. The summed E-state index contributed by atoms with van der Waals surface area (Å²) < 4.78 is 0. The summed E-state index contributed by atoms with van der Waals surface area (Å²) in [5, 5.41) is 8.14. The van der Waals surface area contributed by atoms with E-state index in [9.17, 15) is 0 Å². The van der Waals surface area contributed by atoms with Gasteiger partial charge in [-0.15, -0.1) is 24.0 Å². The summed E-state index contributed by atoms with van der Waals surface area (Å²) in [5.41, 5.74) is 2.56. The number of rotatable bonds is 7. The molecule has 5 nitrogen and oxygen atoms in total. The first-order chi connectivity index (χ1) is 11.9. The van der Waals surface area contributed by atoms with Crippen LogP contribution >= 0.6 is 24.0 Å². The number of likely N-dealkylation sites (tertiary alicyclic amines) is 1. The van der Waals surface area contributed by atoms with E-state index in [0.29, 0.717) is 0 Å². The van der Waals surface area contributed by atoms with Crippen molar-refractivity contribution in [1.29, 1.82) is 0 Å². The maximum absolute atomic E-state index is 4.31. The van der Waals surface area contributed by atoms with E-state index in [1.165, 1.54) is 55.4 Å². The van der Waals surface area contributed by atoms with Crippen LogP contribution in [0.3, 0.4) is 0 Å². The number of nitrogens with zero attached hydrogens (tertiary/aromatic N) is 2. The molecule has 1 aromatic heterocycles. The molecule has 1 fully saturated rings. The van der Waals surface area contributed by atoms with E-state index in [1.807, 2.05) is 7.05 Å². The lowest BCUT2D eigenvalue weighted by Gasteiger charge is -2.15. The predicted octanol–water partition coefficient (Wildman–Crippen LogP) is 2.98. The fourth-order valence-electron chi connectivity index (χ4n) is 3.39. The Hall–Kier alpha value is -1.28. The van der Waals surface area contributed by atoms with Gasteiger partial charge in [0, 0.05) is 37.2 Å². The maximum Gasteiger partial charge on any atom is 0.190 e. The van der Waals surface area contributed by atoms with Crippen LogP contribution in [0.4, 0.5) is 0 Å². The summed E-state index contributed by atoms with van der Waals surface area (Å²) in [6.07, 6.45) is 7.00. The highest BCUT2D eigenvalue weighted by Crippen LogP contribution is 2.17. The molecule has 0 amide bonds. The third-order valence-electron chi connectivity index (χ3n) is 4.73. The molecule has 2 aromatic rings. The quantitative estimate of drug-likeness (QED) is 0.261. The van der Waals surface area contributed by atoms with Crippen LogP contribution in [0.2, 0.25) is 0 Å². The van der Waals surface area contributed by atoms with Crippen molar-refractivity contribution in [3.05, 3.63) is 36.0 Å². The van der Waals surface area contributed by atoms with Crippen LogP contribution in [-0.4, -0.2) is 55.6 Å². The van der Waals surface area contributed by atoms with Crippen LogP contribution in [0.1, 0.15) is 24.8 Å². The second-order valence-corrected chi connectivity index (χ2v) is 6.44. The first-order valence-corrected chi connectivity index (χ1v) is 9.08. The lowest BCUT2D eigenvalue weighted by molar-refractivity contribution is 0.334. The number of hydrogen-bond donors (Lipinski definition) is 3. The van der Waals surface area contributed by atoms with Gasteiger partial charge >= 0.3 is 0 Å². The van der Waals surface area contributed by atoms with Gasteiger partial charge in [-0.1, -0.05) is 18.2 Å². The third-order valence-corrected chi connectivity index (χ3v) is 4.73. The molecule has 1 aliphatic rings. The molecule has 1 aromatic carbocycles. The minimum Gasteiger partial charge on any atom is -0.361 e. The number of aromatic amines is 1. The molecule has 1 saturated heterocycles. The Balaban J connectivity index is 0.00000225. The second-order valence-electron chi connectivity index (χ2n) is 6.44. The topological polar surface area (TPSA) is 55.5 Å². The zero-order valence-electron chi connectivity index (χ0n) is 15.1. The van der Waals surface area contributed by atoms with Crippen molar-refractivity contribution in [2.45, 2.75) is 25.7 Å². The van der Waals surface area contributed by atoms with Gasteiger partial charge in [-0.05, 0) is 56.9 Å². The lowest BCUT2D eigenvalue weighted by Crippen LogP contribution is -2.39. The van der Waals surface area contributed by atoms with Gasteiger partial charge in [0.05, 0.1) is 0 Å². The first-order valence-electron chi connectivity index (χ1n) is 9.08. The Morgan fingerprint density at radius 1 is 1.16 bits per heavy atom. The number of fused-ring (bicyclic) bond motifs is 1. The molecule has 2 heterocycles. The molecule has 1 aliphatic heterocycles. The lowest BCUT2D eigenvalue weighted by atomic mass is 10.1. The highest BCUT2D eigenvalue weighted by Gasteiger charge is 2.10. The average Bonchev–Trinajstić information content (AvgIpc) is 3.27. The SMILES string of the molecule is CN=C(NCCCN1CCCC1)NCCc1c[nH]c2ccccc12.I. The van der Waals surface area contributed by atoms with Gasteiger partial charge in [-0.3, -0.25) is 4.99 Å². The number of nitrogens with one attached hydrogen (secondary N) is 3. The van der Waals surface area contributed by atoms with Crippen molar-refractivity contribution in [2.75, 3.05) is 39.8 Å². The standard InChI is InChI=1S/C19H29N5.HI/c1-20-19(21-10-6-14-24-12-4-5-13-24)22-11-9-16-15-23-18-8-3-2-7-17(16)18;/h2-3,7-8,15,23H,4-6,9-14H2,1H3,(H2,20,21,22);1H. The molecule has 138 valence electrons. The number of halogens is 1. The van der Waals surface area contributed by atoms with Crippen LogP contribution in [-0.2, 0) is 6.42 Å². The molecule has 0 spiro atoms. The van der Waals surface area contributed by atoms with E-state index in [1.54, 1.807) is 0 Å². The molecule has 0 unspecified atom stereocenters. The number of hydrogen-bond acceptors (Lipinski definition) is 2. The molecule has 0 atom stereocenters. The van der Waals surface area contributed by atoms with Crippen LogP contribution in [0.5, 0.6) is 0 Å². The average molecular weight is 455 g/mol. The summed E-state index contributed by atoms with van der Waals surface area (Å²) in [4.78, 5) is 10.2. The normalized spacial score (nSPS) is 15.3. The fourth-order valence-corrected chi connectivity index (χ4v) is 3.39.